The van der Waals surface area contributed by atoms with Crippen molar-refractivity contribution in [1.82, 2.24) is 14.8 Å². The summed E-state index contributed by atoms with van der Waals surface area (Å²) in [5.74, 6) is 0.607. The van der Waals surface area contributed by atoms with Crippen LogP contribution in [0, 0.1) is 5.82 Å². The van der Waals surface area contributed by atoms with Crippen LogP contribution in [-0.2, 0) is 0 Å². The minimum atomic E-state index is -0.380. The molecule has 1 aromatic carbocycles. The van der Waals surface area contributed by atoms with Gasteiger partial charge in [-0.25, -0.2) is 9.37 Å². The Bertz CT molecular complexity index is 869. The second-order valence-corrected chi connectivity index (χ2v) is 7.74. The molecule has 30 heavy (non-hydrogen) atoms. The Balaban J connectivity index is 0.00000256. The van der Waals surface area contributed by atoms with Gasteiger partial charge in [0.2, 0.25) is 0 Å². The summed E-state index contributed by atoms with van der Waals surface area (Å²) in [6, 6.07) is 12.0. The van der Waals surface area contributed by atoms with Crippen LogP contribution in [-0.4, -0.2) is 73.1 Å². The third kappa shape index (κ3) is 5.21. The SMILES string of the molecule is CN1CCCN(c2cccc(C(=O)N3CC[C@@H](Oc4ccccc4F)C3)n2)CC1.Cl. The number of carbonyl (C=O) groups excluding carboxylic acids is 1. The predicted octanol–water partition coefficient (Wildman–Crippen LogP) is 3.08. The van der Waals surface area contributed by atoms with E-state index in [0.717, 1.165) is 38.4 Å². The van der Waals surface area contributed by atoms with Gasteiger partial charge in [-0.2, -0.15) is 0 Å². The van der Waals surface area contributed by atoms with Gasteiger partial charge in [0.1, 0.15) is 17.6 Å². The number of carbonyl (C=O) groups is 1. The Kier molecular flexibility index (Phi) is 7.50. The molecule has 1 amide bonds. The van der Waals surface area contributed by atoms with Crippen molar-refractivity contribution in [2.24, 2.45) is 0 Å². The molecule has 0 unspecified atom stereocenters. The lowest BCUT2D eigenvalue weighted by molar-refractivity contribution is 0.0766. The van der Waals surface area contributed by atoms with E-state index in [-0.39, 0.29) is 36.0 Å². The number of para-hydroxylation sites is 1. The summed E-state index contributed by atoms with van der Waals surface area (Å²) in [6.07, 6.45) is 1.55. The Morgan fingerprint density at radius 3 is 2.73 bits per heavy atom. The molecule has 2 aromatic rings. The first-order valence-electron chi connectivity index (χ1n) is 10.2. The quantitative estimate of drug-likeness (QED) is 0.740. The van der Waals surface area contributed by atoms with E-state index in [1.54, 1.807) is 29.2 Å². The third-order valence-electron chi connectivity index (χ3n) is 5.56. The molecule has 0 N–H and O–H groups in total. The van der Waals surface area contributed by atoms with Crippen LogP contribution in [0.2, 0.25) is 0 Å². The average molecular weight is 435 g/mol. The van der Waals surface area contributed by atoms with Gasteiger partial charge >= 0.3 is 0 Å². The lowest BCUT2D eigenvalue weighted by Crippen LogP contribution is -2.33. The summed E-state index contributed by atoms with van der Waals surface area (Å²) in [5.41, 5.74) is 0.451. The van der Waals surface area contributed by atoms with Crippen LogP contribution in [0.25, 0.3) is 0 Å². The number of pyridine rings is 1. The van der Waals surface area contributed by atoms with Gasteiger partial charge in [0.05, 0.1) is 6.54 Å². The van der Waals surface area contributed by atoms with Crippen LogP contribution >= 0.6 is 12.4 Å². The first-order chi connectivity index (χ1) is 14.1. The van der Waals surface area contributed by atoms with Gasteiger partial charge in [0.15, 0.2) is 11.6 Å². The molecular formula is C22H28ClFN4O2. The van der Waals surface area contributed by atoms with Gasteiger partial charge in [-0.05, 0) is 44.3 Å². The van der Waals surface area contributed by atoms with Crippen LogP contribution in [0.5, 0.6) is 5.75 Å². The molecule has 6 nitrogen and oxygen atoms in total. The summed E-state index contributed by atoms with van der Waals surface area (Å²) in [5, 5.41) is 0. The number of hydrogen-bond acceptors (Lipinski definition) is 5. The number of nitrogens with zero attached hydrogens (tertiary/aromatic N) is 4. The van der Waals surface area contributed by atoms with E-state index >= 15 is 0 Å². The van der Waals surface area contributed by atoms with Crippen molar-refractivity contribution in [2.45, 2.75) is 18.9 Å². The molecule has 0 bridgehead atoms. The monoisotopic (exact) mass is 434 g/mol. The van der Waals surface area contributed by atoms with E-state index in [0.29, 0.717) is 25.2 Å². The van der Waals surface area contributed by atoms with Crippen molar-refractivity contribution < 1.29 is 13.9 Å². The first kappa shape index (κ1) is 22.3. The average Bonchev–Trinajstić information content (AvgIpc) is 3.09. The van der Waals surface area contributed by atoms with Gasteiger partial charge in [-0.15, -0.1) is 12.4 Å². The fourth-order valence-electron chi connectivity index (χ4n) is 3.88. The Labute approximate surface area is 183 Å². The molecule has 4 rings (SSSR count). The summed E-state index contributed by atoms with van der Waals surface area (Å²) >= 11 is 0. The van der Waals surface area contributed by atoms with Crippen LogP contribution in [0.1, 0.15) is 23.3 Å². The summed E-state index contributed by atoms with van der Waals surface area (Å²) in [4.78, 5) is 23.9. The van der Waals surface area contributed by atoms with E-state index < -0.39 is 0 Å². The maximum atomic E-state index is 13.8. The maximum absolute atomic E-state index is 13.8. The highest BCUT2D eigenvalue weighted by atomic mass is 35.5. The van der Waals surface area contributed by atoms with Crippen LogP contribution in [0.15, 0.2) is 42.5 Å². The molecule has 2 fully saturated rings. The Morgan fingerprint density at radius 2 is 1.90 bits per heavy atom. The standard InChI is InChI=1S/C22H27FN4O2.ClH/c1-25-11-5-12-26(15-14-25)21-9-4-7-19(24-21)22(28)27-13-10-17(16-27)29-20-8-3-2-6-18(20)23;/h2-4,6-9,17H,5,10-16H2,1H3;1H/t17-;/m1./s1. The number of hydrogen-bond donors (Lipinski definition) is 0. The number of ether oxygens (including phenoxy) is 1. The number of anilines is 1. The zero-order valence-electron chi connectivity index (χ0n) is 17.2. The molecule has 0 aliphatic carbocycles. The van der Waals surface area contributed by atoms with Gasteiger partial charge in [0.25, 0.3) is 5.91 Å². The molecule has 1 atom stereocenters. The number of benzene rings is 1. The lowest BCUT2D eigenvalue weighted by atomic mass is 10.3. The molecular weight excluding hydrogens is 407 g/mol. The zero-order chi connectivity index (χ0) is 20.2. The lowest BCUT2D eigenvalue weighted by Gasteiger charge is -2.23. The van der Waals surface area contributed by atoms with E-state index in [9.17, 15) is 9.18 Å². The molecule has 0 saturated carbocycles. The third-order valence-corrected chi connectivity index (χ3v) is 5.56. The summed E-state index contributed by atoms with van der Waals surface area (Å²) in [7, 11) is 2.13. The molecule has 3 heterocycles. The minimum absolute atomic E-state index is 0. The fraction of sp³-hybridized carbons (Fsp3) is 0.455. The number of rotatable bonds is 4. The molecule has 0 spiro atoms. The van der Waals surface area contributed by atoms with Crippen LogP contribution < -0.4 is 9.64 Å². The van der Waals surface area contributed by atoms with Crippen LogP contribution in [0.3, 0.4) is 0 Å². The molecule has 162 valence electrons. The smallest absolute Gasteiger partial charge is 0.272 e. The molecule has 2 aliphatic heterocycles. The second-order valence-electron chi connectivity index (χ2n) is 7.74. The van der Waals surface area contributed by atoms with Crippen molar-refractivity contribution in [1.29, 1.82) is 0 Å². The van der Waals surface area contributed by atoms with Gasteiger partial charge in [-0.1, -0.05) is 18.2 Å². The number of aromatic nitrogens is 1. The molecule has 2 aliphatic rings. The van der Waals surface area contributed by atoms with E-state index in [2.05, 4.69) is 21.8 Å². The zero-order valence-corrected chi connectivity index (χ0v) is 18.0. The second kappa shape index (κ2) is 10.1. The van der Waals surface area contributed by atoms with Crippen molar-refractivity contribution in [2.75, 3.05) is 51.2 Å². The number of likely N-dealkylation sites (tertiary alicyclic amines) is 1. The van der Waals surface area contributed by atoms with Crippen molar-refractivity contribution in [3.8, 4) is 5.75 Å². The fourth-order valence-corrected chi connectivity index (χ4v) is 3.88. The highest BCUT2D eigenvalue weighted by molar-refractivity contribution is 5.93. The molecule has 0 radical (unpaired) electrons. The minimum Gasteiger partial charge on any atom is -0.485 e. The van der Waals surface area contributed by atoms with Crippen LogP contribution in [0.4, 0.5) is 10.2 Å². The van der Waals surface area contributed by atoms with E-state index in [4.69, 9.17) is 4.74 Å². The normalized spacial score (nSPS) is 19.9. The maximum Gasteiger partial charge on any atom is 0.272 e. The number of likely N-dealkylation sites (N-methyl/N-ethyl adjacent to an activating group) is 1. The van der Waals surface area contributed by atoms with Crippen molar-refractivity contribution in [3.63, 3.8) is 0 Å². The summed E-state index contributed by atoms with van der Waals surface area (Å²) in [6.45, 7) is 4.93. The predicted molar refractivity (Wildman–Crippen MR) is 117 cm³/mol. The van der Waals surface area contributed by atoms with Gasteiger partial charge in [-0.3, -0.25) is 4.79 Å². The molecule has 8 heteroatoms. The van der Waals surface area contributed by atoms with Gasteiger partial charge < -0.3 is 19.4 Å². The topological polar surface area (TPSA) is 48.9 Å². The highest BCUT2D eigenvalue weighted by Gasteiger charge is 2.29. The molecule has 2 saturated heterocycles. The van der Waals surface area contributed by atoms with E-state index in [1.165, 1.54) is 6.07 Å². The number of amides is 1. The van der Waals surface area contributed by atoms with Crippen molar-refractivity contribution >= 4 is 24.1 Å². The largest absolute Gasteiger partial charge is 0.485 e. The Morgan fingerprint density at radius 1 is 1.07 bits per heavy atom. The molecule has 1 aromatic heterocycles. The van der Waals surface area contributed by atoms with Crippen molar-refractivity contribution in [3.05, 3.63) is 54.0 Å². The van der Waals surface area contributed by atoms with Gasteiger partial charge in [0, 0.05) is 32.6 Å². The first-order valence-corrected chi connectivity index (χ1v) is 10.2. The van der Waals surface area contributed by atoms with E-state index in [1.807, 2.05) is 12.1 Å². The summed E-state index contributed by atoms with van der Waals surface area (Å²) < 4.78 is 19.6. The number of halogens is 2. The highest BCUT2D eigenvalue weighted by Crippen LogP contribution is 2.23. The Hall–Kier alpha value is -2.38.